The summed E-state index contributed by atoms with van der Waals surface area (Å²) in [7, 11) is 0. The number of hydrogen-bond acceptors (Lipinski definition) is 4. The first-order chi connectivity index (χ1) is 12.5. The van der Waals surface area contributed by atoms with E-state index in [1.54, 1.807) is 61.5 Å². The van der Waals surface area contributed by atoms with Crippen LogP contribution in [0.25, 0.3) is 0 Å². The van der Waals surface area contributed by atoms with Gasteiger partial charge in [-0.1, -0.05) is 54.1 Å². The molecule has 0 aromatic heterocycles. The van der Waals surface area contributed by atoms with E-state index in [4.69, 9.17) is 16.3 Å². The first-order valence-electron chi connectivity index (χ1n) is 8.07. The summed E-state index contributed by atoms with van der Waals surface area (Å²) in [6.07, 6.45) is -1.24. The summed E-state index contributed by atoms with van der Waals surface area (Å²) in [5, 5.41) is 5.19. The molecule has 136 valence electrons. The summed E-state index contributed by atoms with van der Waals surface area (Å²) in [5.74, 6) is -1.31. The molecule has 0 aliphatic rings. The Hall–Kier alpha value is -2.86. The number of carbonyl (C=O) groups excluding carboxylic acids is 3. The van der Waals surface area contributed by atoms with Gasteiger partial charge in [0.25, 0.3) is 5.91 Å². The number of urea groups is 1. The molecular weight excluding hydrogens is 356 g/mol. The maximum atomic E-state index is 12.4. The van der Waals surface area contributed by atoms with Gasteiger partial charge in [-0.3, -0.25) is 14.9 Å². The smallest absolute Gasteiger partial charge is 0.321 e. The summed E-state index contributed by atoms with van der Waals surface area (Å²) in [4.78, 5) is 36.3. The van der Waals surface area contributed by atoms with E-state index >= 15 is 0 Å². The Balaban J connectivity index is 2.10. The predicted molar refractivity (Wildman–Crippen MR) is 97.6 cm³/mol. The third-order valence-electron chi connectivity index (χ3n) is 3.43. The van der Waals surface area contributed by atoms with Crippen molar-refractivity contribution in [2.45, 2.75) is 19.4 Å². The number of benzene rings is 2. The number of imide groups is 1. The van der Waals surface area contributed by atoms with Crippen LogP contribution in [0.3, 0.4) is 0 Å². The molecule has 7 heteroatoms. The highest BCUT2D eigenvalue weighted by Crippen LogP contribution is 2.19. The fourth-order valence-corrected chi connectivity index (χ4v) is 2.35. The predicted octanol–water partition coefficient (Wildman–Crippen LogP) is 3.01. The maximum absolute atomic E-state index is 12.4. The number of hydrogen-bond donors (Lipinski definition) is 2. The highest BCUT2D eigenvalue weighted by Gasteiger charge is 2.26. The monoisotopic (exact) mass is 374 g/mol. The molecule has 2 N–H and O–H groups in total. The van der Waals surface area contributed by atoms with Crippen LogP contribution in [-0.4, -0.2) is 24.5 Å². The third-order valence-corrected chi connectivity index (χ3v) is 3.68. The Kier molecular flexibility index (Phi) is 7.17. The molecule has 6 nitrogen and oxygen atoms in total. The molecule has 2 rings (SSSR count). The van der Waals surface area contributed by atoms with E-state index < -0.39 is 24.0 Å². The Morgan fingerprint density at radius 1 is 1.04 bits per heavy atom. The number of rotatable bonds is 6. The van der Waals surface area contributed by atoms with Gasteiger partial charge < -0.3 is 10.1 Å². The Morgan fingerprint density at radius 2 is 1.69 bits per heavy atom. The van der Waals surface area contributed by atoms with Gasteiger partial charge in [0.1, 0.15) is 0 Å². The molecule has 0 radical (unpaired) electrons. The van der Waals surface area contributed by atoms with Crippen molar-refractivity contribution < 1.29 is 19.1 Å². The van der Waals surface area contributed by atoms with Crippen molar-refractivity contribution in [2.75, 3.05) is 6.54 Å². The quantitative estimate of drug-likeness (QED) is 0.761. The lowest BCUT2D eigenvalue weighted by Gasteiger charge is -2.17. The second kappa shape index (κ2) is 9.58. The van der Waals surface area contributed by atoms with Gasteiger partial charge >= 0.3 is 12.0 Å². The van der Waals surface area contributed by atoms with E-state index in [9.17, 15) is 14.4 Å². The average Bonchev–Trinajstić information content (AvgIpc) is 2.62. The van der Waals surface area contributed by atoms with Crippen molar-refractivity contribution in [1.82, 2.24) is 10.6 Å². The van der Waals surface area contributed by atoms with Gasteiger partial charge in [0.2, 0.25) is 6.10 Å². The molecule has 1 atom stereocenters. The van der Waals surface area contributed by atoms with Crippen LogP contribution in [0.2, 0.25) is 5.02 Å². The minimum absolute atomic E-state index is 0.0189. The number of halogens is 1. The molecule has 0 spiro atoms. The Morgan fingerprint density at radius 3 is 2.31 bits per heavy atom. The molecular formula is C19H19ClN2O4. The lowest BCUT2D eigenvalue weighted by atomic mass is 10.1. The molecule has 0 aliphatic heterocycles. The van der Waals surface area contributed by atoms with E-state index in [2.05, 4.69) is 10.6 Å². The summed E-state index contributed by atoms with van der Waals surface area (Å²) < 4.78 is 5.35. The summed E-state index contributed by atoms with van der Waals surface area (Å²) >= 11 is 5.82. The minimum atomic E-state index is -1.22. The zero-order valence-corrected chi connectivity index (χ0v) is 15.0. The Labute approximate surface area is 156 Å². The van der Waals surface area contributed by atoms with Crippen LogP contribution >= 0.6 is 11.6 Å². The molecule has 2 aromatic carbocycles. The molecule has 26 heavy (non-hydrogen) atoms. The van der Waals surface area contributed by atoms with Crippen LogP contribution < -0.4 is 10.6 Å². The lowest BCUT2D eigenvalue weighted by molar-refractivity contribution is -0.155. The van der Waals surface area contributed by atoms with Crippen LogP contribution in [0.15, 0.2) is 54.6 Å². The molecule has 0 heterocycles. The van der Waals surface area contributed by atoms with Crippen LogP contribution in [0.5, 0.6) is 0 Å². The number of nitrogens with one attached hydrogen (secondary N) is 2. The highest BCUT2D eigenvalue weighted by molar-refractivity contribution is 6.30. The minimum Gasteiger partial charge on any atom is -0.447 e. The van der Waals surface area contributed by atoms with Gasteiger partial charge in [-0.2, -0.15) is 0 Å². The van der Waals surface area contributed by atoms with E-state index in [1.807, 2.05) is 0 Å². The van der Waals surface area contributed by atoms with E-state index in [1.165, 1.54) is 0 Å². The number of esters is 1. The molecule has 0 unspecified atom stereocenters. The molecule has 2 aromatic rings. The molecule has 0 aliphatic carbocycles. The molecule has 0 bridgehead atoms. The van der Waals surface area contributed by atoms with Crippen molar-refractivity contribution in [3.05, 3.63) is 70.7 Å². The second-order valence-electron chi connectivity index (χ2n) is 5.43. The van der Waals surface area contributed by atoms with Crippen molar-refractivity contribution in [2.24, 2.45) is 0 Å². The second-order valence-corrected chi connectivity index (χ2v) is 5.87. The fourth-order valence-electron chi connectivity index (χ4n) is 2.22. The van der Waals surface area contributed by atoms with Gasteiger partial charge in [-0.15, -0.1) is 0 Å². The van der Waals surface area contributed by atoms with Gasteiger partial charge in [-0.25, -0.2) is 4.79 Å². The summed E-state index contributed by atoms with van der Waals surface area (Å²) in [6, 6.07) is 14.6. The number of ether oxygens (including phenoxy) is 1. The maximum Gasteiger partial charge on any atom is 0.321 e. The van der Waals surface area contributed by atoms with Crippen molar-refractivity contribution in [1.29, 1.82) is 0 Å². The van der Waals surface area contributed by atoms with Crippen molar-refractivity contribution in [3.63, 3.8) is 0 Å². The standard InChI is InChI=1S/C19H19ClN2O4/c1-2-21-19(25)22-18(24)17(14-6-4-3-5-7-14)26-16(23)12-13-8-10-15(20)11-9-13/h3-11,17H,2,12H2,1H3,(H2,21,22,24,25)/t17-/m1/s1. The van der Waals surface area contributed by atoms with Gasteiger partial charge in [0.15, 0.2) is 0 Å². The lowest BCUT2D eigenvalue weighted by Crippen LogP contribution is -2.42. The van der Waals surface area contributed by atoms with Crippen LogP contribution in [0, 0.1) is 0 Å². The van der Waals surface area contributed by atoms with Gasteiger partial charge in [0, 0.05) is 17.1 Å². The number of carbonyl (C=O) groups is 3. The highest BCUT2D eigenvalue weighted by atomic mass is 35.5. The topological polar surface area (TPSA) is 84.5 Å². The van der Waals surface area contributed by atoms with Crippen molar-refractivity contribution >= 4 is 29.5 Å². The normalized spacial score (nSPS) is 11.3. The van der Waals surface area contributed by atoms with Crippen LogP contribution in [-0.2, 0) is 20.7 Å². The van der Waals surface area contributed by atoms with Crippen LogP contribution in [0.1, 0.15) is 24.2 Å². The zero-order chi connectivity index (χ0) is 18.9. The third kappa shape index (κ3) is 5.89. The molecule has 0 saturated carbocycles. The van der Waals surface area contributed by atoms with Crippen molar-refractivity contribution in [3.8, 4) is 0 Å². The number of amides is 3. The molecule has 3 amide bonds. The summed E-state index contributed by atoms with van der Waals surface area (Å²) in [6.45, 7) is 2.09. The zero-order valence-electron chi connectivity index (χ0n) is 14.2. The van der Waals surface area contributed by atoms with E-state index in [0.717, 1.165) is 0 Å². The van der Waals surface area contributed by atoms with Crippen LogP contribution in [0.4, 0.5) is 4.79 Å². The summed E-state index contributed by atoms with van der Waals surface area (Å²) in [5.41, 5.74) is 1.18. The largest absolute Gasteiger partial charge is 0.447 e. The molecule has 0 saturated heterocycles. The SMILES string of the molecule is CCNC(=O)NC(=O)[C@H](OC(=O)Cc1ccc(Cl)cc1)c1ccccc1. The van der Waals surface area contributed by atoms with Gasteiger partial charge in [0.05, 0.1) is 6.42 Å². The average molecular weight is 375 g/mol. The fraction of sp³-hybridized carbons (Fsp3) is 0.211. The first-order valence-corrected chi connectivity index (χ1v) is 8.45. The van der Waals surface area contributed by atoms with Gasteiger partial charge in [-0.05, 0) is 24.6 Å². The van der Waals surface area contributed by atoms with E-state index in [-0.39, 0.29) is 6.42 Å². The van der Waals surface area contributed by atoms with E-state index in [0.29, 0.717) is 22.7 Å². The first kappa shape index (κ1) is 19.5. The molecule has 0 fully saturated rings. The Bertz CT molecular complexity index is 763.